The maximum Gasteiger partial charge on any atom is 0.274 e. The second-order valence-electron chi connectivity index (χ2n) is 6.38. The first kappa shape index (κ1) is 16.4. The lowest BCUT2D eigenvalue weighted by atomic mass is 10.2. The van der Waals surface area contributed by atoms with Gasteiger partial charge in [0.05, 0.1) is 17.6 Å². The van der Waals surface area contributed by atoms with Crippen LogP contribution >= 0.6 is 0 Å². The molecule has 1 saturated heterocycles. The van der Waals surface area contributed by atoms with Crippen LogP contribution in [0, 0.1) is 0 Å². The van der Waals surface area contributed by atoms with Gasteiger partial charge >= 0.3 is 0 Å². The minimum Gasteiger partial charge on any atom is -0.367 e. The van der Waals surface area contributed by atoms with Gasteiger partial charge in [-0.2, -0.15) is 0 Å². The van der Waals surface area contributed by atoms with Crippen LogP contribution in [0.15, 0.2) is 48.9 Å². The van der Waals surface area contributed by atoms with Gasteiger partial charge in [0.15, 0.2) is 5.65 Å². The molecule has 1 amide bonds. The Morgan fingerprint density at radius 1 is 1.08 bits per heavy atom. The number of amides is 1. The average Bonchev–Trinajstić information content (AvgIpc) is 2.69. The first-order chi connectivity index (χ1) is 12.7. The van der Waals surface area contributed by atoms with Gasteiger partial charge < -0.3 is 15.1 Å². The molecule has 26 heavy (non-hydrogen) atoms. The van der Waals surface area contributed by atoms with E-state index in [-0.39, 0.29) is 5.91 Å². The Labute approximate surface area is 151 Å². The number of carbonyl (C=O) groups excluding carboxylic acids is 1. The van der Waals surface area contributed by atoms with Gasteiger partial charge in [-0.1, -0.05) is 0 Å². The SMILES string of the molecule is CN1CCN(c2ccncc2NC(=O)c2ccc3cccnc3n2)CC1. The summed E-state index contributed by atoms with van der Waals surface area (Å²) in [6.07, 6.45) is 5.11. The lowest BCUT2D eigenvalue weighted by Gasteiger charge is -2.34. The summed E-state index contributed by atoms with van der Waals surface area (Å²) in [4.78, 5) is 30.0. The number of fused-ring (bicyclic) bond motifs is 1. The minimum atomic E-state index is -0.263. The minimum absolute atomic E-state index is 0.263. The Morgan fingerprint density at radius 2 is 1.92 bits per heavy atom. The number of nitrogens with zero attached hydrogens (tertiary/aromatic N) is 5. The average molecular weight is 348 g/mol. The molecule has 1 N–H and O–H groups in total. The van der Waals surface area contributed by atoms with Gasteiger partial charge in [-0.25, -0.2) is 9.97 Å². The Balaban J connectivity index is 1.57. The molecule has 0 radical (unpaired) electrons. The highest BCUT2D eigenvalue weighted by Crippen LogP contribution is 2.26. The number of piperazine rings is 1. The normalized spacial score (nSPS) is 15.2. The van der Waals surface area contributed by atoms with Gasteiger partial charge in [0.2, 0.25) is 0 Å². The lowest BCUT2D eigenvalue weighted by molar-refractivity contribution is 0.102. The van der Waals surface area contributed by atoms with E-state index in [1.807, 2.05) is 24.3 Å². The van der Waals surface area contributed by atoms with Crippen LogP contribution in [-0.2, 0) is 0 Å². The van der Waals surface area contributed by atoms with Crippen molar-refractivity contribution < 1.29 is 4.79 Å². The Morgan fingerprint density at radius 3 is 2.77 bits per heavy atom. The molecule has 132 valence electrons. The molecule has 3 aromatic rings. The van der Waals surface area contributed by atoms with E-state index in [4.69, 9.17) is 0 Å². The van der Waals surface area contributed by atoms with Gasteiger partial charge in [0.25, 0.3) is 5.91 Å². The van der Waals surface area contributed by atoms with E-state index in [0.29, 0.717) is 17.0 Å². The number of anilines is 2. The van der Waals surface area contributed by atoms with E-state index in [1.54, 1.807) is 24.7 Å². The largest absolute Gasteiger partial charge is 0.367 e. The molecule has 0 bridgehead atoms. The van der Waals surface area contributed by atoms with E-state index in [2.05, 4.69) is 37.1 Å². The highest BCUT2D eigenvalue weighted by molar-refractivity contribution is 6.05. The van der Waals surface area contributed by atoms with Gasteiger partial charge in [0.1, 0.15) is 5.69 Å². The number of hydrogen-bond acceptors (Lipinski definition) is 6. The second-order valence-corrected chi connectivity index (χ2v) is 6.38. The third-order valence-corrected chi connectivity index (χ3v) is 4.59. The fraction of sp³-hybridized carbons (Fsp3) is 0.263. The molecule has 0 atom stereocenters. The van der Waals surface area contributed by atoms with Crippen molar-refractivity contribution in [2.45, 2.75) is 0 Å². The standard InChI is InChI=1S/C19H20N6O/c1-24-9-11-25(12-10-24)17-6-8-20-13-16(17)23-19(26)15-5-4-14-3-2-7-21-18(14)22-15/h2-8,13H,9-12H2,1H3,(H,23,26). The molecule has 0 aliphatic carbocycles. The zero-order valence-electron chi connectivity index (χ0n) is 14.6. The molecule has 4 heterocycles. The van der Waals surface area contributed by atoms with Crippen molar-refractivity contribution in [2.24, 2.45) is 0 Å². The molecular formula is C19H20N6O. The third kappa shape index (κ3) is 3.34. The predicted molar refractivity (Wildman–Crippen MR) is 101 cm³/mol. The van der Waals surface area contributed by atoms with E-state index in [9.17, 15) is 4.79 Å². The van der Waals surface area contributed by atoms with Crippen molar-refractivity contribution in [3.05, 3.63) is 54.6 Å². The molecule has 0 spiro atoms. The topological polar surface area (TPSA) is 74.2 Å². The summed E-state index contributed by atoms with van der Waals surface area (Å²) in [5.74, 6) is -0.263. The van der Waals surface area contributed by atoms with Crippen LogP contribution in [0.1, 0.15) is 10.5 Å². The van der Waals surface area contributed by atoms with Crippen LogP contribution in [0.25, 0.3) is 11.0 Å². The first-order valence-electron chi connectivity index (χ1n) is 8.61. The van der Waals surface area contributed by atoms with Crippen molar-refractivity contribution in [1.82, 2.24) is 19.9 Å². The van der Waals surface area contributed by atoms with Crippen molar-refractivity contribution >= 4 is 28.3 Å². The van der Waals surface area contributed by atoms with Crippen LogP contribution in [0.4, 0.5) is 11.4 Å². The zero-order valence-corrected chi connectivity index (χ0v) is 14.6. The highest BCUT2D eigenvalue weighted by atomic mass is 16.1. The zero-order chi connectivity index (χ0) is 17.9. The third-order valence-electron chi connectivity index (χ3n) is 4.59. The predicted octanol–water partition coefficient (Wildman–Crippen LogP) is 2.03. The maximum atomic E-state index is 12.7. The molecule has 0 saturated carbocycles. The highest BCUT2D eigenvalue weighted by Gasteiger charge is 2.19. The lowest BCUT2D eigenvalue weighted by Crippen LogP contribution is -2.44. The van der Waals surface area contributed by atoms with Crippen molar-refractivity contribution in [3.8, 4) is 0 Å². The molecule has 0 aromatic carbocycles. The van der Waals surface area contributed by atoms with E-state index < -0.39 is 0 Å². The molecule has 7 heteroatoms. The fourth-order valence-corrected chi connectivity index (χ4v) is 3.07. The Bertz CT molecular complexity index is 936. The van der Waals surface area contributed by atoms with E-state index >= 15 is 0 Å². The quantitative estimate of drug-likeness (QED) is 0.781. The summed E-state index contributed by atoms with van der Waals surface area (Å²) in [6.45, 7) is 3.82. The number of carbonyl (C=O) groups is 1. The molecule has 1 aliphatic rings. The van der Waals surface area contributed by atoms with Gasteiger partial charge in [-0.3, -0.25) is 9.78 Å². The summed E-state index contributed by atoms with van der Waals surface area (Å²) in [5, 5.41) is 3.86. The first-order valence-corrected chi connectivity index (χ1v) is 8.61. The molecule has 1 fully saturated rings. The van der Waals surface area contributed by atoms with Gasteiger partial charge in [-0.05, 0) is 37.4 Å². The fourth-order valence-electron chi connectivity index (χ4n) is 3.07. The van der Waals surface area contributed by atoms with Crippen LogP contribution in [0.3, 0.4) is 0 Å². The van der Waals surface area contributed by atoms with Gasteiger partial charge in [-0.15, -0.1) is 0 Å². The van der Waals surface area contributed by atoms with Gasteiger partial charge in [0, 0.05) is 44.0 Å². The van der Waals surface area contributed by atoms with E-state index in [1.165, 1.54) is 0 Å². The number of pyridine rings is 3. The van der Waals surface area contributed by atoms with Crippen molar-refractivity contribution in [3.63, 3.8) is 0 Å². The maximum absolute atomic E-state index is 12.7. The smallest absolute Gasteiger partial charge is 0.274 e. The monoisotopic (exact) mass is 348 g/mol. The number of likely N-dealkylation sites (N-methyl/N-ethyl adjacent to an activating group) is 1. The molecular weight excluding hydrogens is 328 g/mol. The van der Waals surface area contributed by atoms with Crippen LogP contribution in [0.5, 0.6) is 0 Å². The number of aromatic nitrogens is 3. The summed E-state index contributed by atoms with van der Waals surface area (Å²) in [6, 6.07) is 9.28. The molecule has 3 aromatic heterocycles. The number of nitrogens with one attached hydrogen (secondary N) is 1. The molecule has 4 rings (SSSR count). The van der Waals surface area contributed by atoms with Crippen molar-refractivity contribution in [2.75, 3.05) is 43.4 Å². The molecule has 1 aliphatic heterocycles. The molecule has 7 nitrogen and oxygen atoms in total. The number of rotatable bonds is 3. The number of hydrogen-bond donors (Lipinski definition) is 1. The second kappa shape index (κ2) is 7.05. The summed E-state index contributed by atoms with van der Waals surface area (Å²) >= 11 is 0. The van der Waals surface area contributed by atoms with Crippen molar-refractivity contribution in [1.29, 1.82) is 0 Å². The Kier molecular flexibility index (Phi) is 4.45. The Hall–Kier alpha value is -3.06. The van der Waals surface area contributed by atoms with Crippen LogP contribution < -0.4 is 10.2 Å². The summed E-state index contributed by atoms with van der Waals surface area (Å²) < 4.78 is 0. The summed E-state index contributed by atoms with van der Waals surface area (Å²) in [5.41, 5.74) is 2.58. The summed E-state index contributed by atoms with van der Waals surface area (Å²) in [7, 11) is 2.12. The van der Waals surface area contributed by atoms with Crippen LogP contribution in [-0.4, -0.2) is 59.0 Å². The van der Waals surface area contributed by atoms with Crippen LogP contribution in [0.2, 0.25) is 0 Å². The van der Waals surface area contributed by atoms with E-state index in [0.717, 1.165) is 37.3 Å². The molecule has 0 unspecified atom stereocenters.